The van der Waals surface area contributed by atoms with Crippen molar-refractivity contribution >= 4 is 34.5 Å². The Labute approximate surface area is 244 Å². The first-order valence-electron chi connectivity index (χ1n) is 13.9. The minimum atomic E-state index is -0.733. The van der Waals surface area contributed by atoms with Gasteiger partial charge >= 0.3 is 0 Å². The SMILES string of the molecule is N#C/C(=C/C1CC1)C(=O)N1C[C@@H]2C[C@@H]1[C@@H](n1nc(-c3ccc(C(=O)Nc4cc(F)ccn4)cc3F)c3c(N)ncnc31)C2. The molecule has 0 unspecified atom stereocenters. The average molecular weight is 582 g/mol. The third kappa shape index (κ3) is 4.74. The molecule has 4 aromatic rings. The second kappa shape index (κ2) is 10.2. The molecule has 4 heterocycles. The molecule has 3 aromatic heterocycles. The summed E-state index contributed by atoms with van der Waals surface area (Å²) < 4.78 is 30.8. The van der Waals surface area contributed by atoms with Gasteiger partial charge in [-0.05, 0) is 61.8 Å². The number of hydrogen-bond donors (Lipinski definition) is 2. The van der Waals surface area contributed by atoms with Crippen molar-refractivity contribution in [1.29, 1.82) is 5.26 Å². The molecule has 1 aromatic carbocycles. The summed E-state index contributed by atoms with van der Waals surface area (Å²) in [7, 11) is 0. The van der Waals surface area contributed by atoms with Crippen molar-refractivity contribution < 1.29 is 18.4 Å². The van der Waals surface area contributed by atoms with Crippen LogP contribution in [-0.2, 0) is 4.79 Å². The Balaban J connectivity index is 1.22. The topological polar surface area (TPSA) is 156 Å². The van der Waals surface area contributed by atoms with Crippen LogP contribution in [0.5, 0.6) is 0 Å². The van der Waals surface area contributed by atoms with Crippen LogP contribution in [-0.4, -0.2) is 54.0 Å². The zero-order chi connectivity index (χ0) is 29.8. The lowest BCUT2D eigenvalue weighted by atomic mass is 10.0. The predicted octanol–water partition coefficient (Wildman–Crippen LogP) is 4.02. The second-order valence-electron chi connectivity index (χ2n) is 11.2. The fourth-order valence-electron chi connectivity index (χ4n) is 6.22. The fourth-order valence-corrected chi connectivity index (χ4v) is 6.22. The first-order valence-corrected chi connectivity index (χ1v) is 13.9. The minimum Gasteiger partial charge on any atom is -0.383 e. The molecule has 3 fully saturated rings. The van der Waals surface area contributed by atoms with E-state index in [2.05, 4.69) is 26.3 Å². The standard InChI is InChI=1S/C30H25F2N9O2/c31-19-5-6-35-24(11-19)38-29(42)17-3-4-20(21(32)10-17)26-25-27(34)36-14-37-28(25)41(39-26)23-9-16-8-22(23)40(13-16)30(43)18(12-33)7-15-1-2-15/h3-7,10-11,14-16,22-23H,1-2,8-9,13H2,(H2,34,36,37)(H,35,38,42)/b18-7-/t16-,22-,23+/m1/s1. The molecule has 216 valence electrons. The number of benzene rings is 1. The van der Waals surface area contributed by atoms with E-state index in [9.17, 15) is 19.2 Å². The Kier molecular flexibility index (Phi) is 6.34. The number of aromatic nitrogens is 5. The molecule has 3 aliphatic rings. The molecule has 2 amide bonds. The molecular weight excluding hydrogens is 556 g/mol. The van der Waals surface area contributed by atoms with Gasteiger partial charge in [-0.25, -0.2) is 28.4 Å². The molecule has 2 saturated carbocycles. The molecule has 1 aliphatic heterocycles. The molecule has 2 bridgehead atoms. The van der Waals surface area contributed by atoms with E-state index in [0.29, 0.717) is 17.6 Å². The van der Waals surface area contributed by atoms with Crippen LogP contribution in [0.1, 0.15) is 42.1 Å². The van der Waals surface area contributed by atoms with Gasteiger partial charge in [0.15, 0.2) is 5.65 Å². The van der Waals surface area contributed by atoms with E-state index in [0.717, 1.165) is 43.9 Å². The maximum atomic E-state index is 15.6. The number of nitrogens with one attached hydrogen (secondary N) is 1. The van der Waals surface area contributed by atoms with E-state index in [1.54, 1.807) is 15.7 Å². The number of nitrogens with two attached hydrogens (primary N) is 1. The summed E-state index contributed by atoms with van der Waals surface area (Å²) >= 11 is 0. The number of halogens is 2. The molecule has 0 spiro atoms. The van der Waals surface area contributed by atoms with Crippen LogP contribution in [0.15, 0.2) is 54.5 Å². The number of hydrogen-bond acceptors (Lipinski definition) is 8. The maximum absolute atomic E-state index is 15.6. The highest BCUT2D eigenvalue weighted by atomic mass is 19.1. The Morgan fingerprint density at radius 2 is 1.91 bits per heavy atom. The number of nitrogens with zero attached hydrogens (tertiary/aromatic N) is 7. The van der Waals surface area contributed by atoms with E-state index >= 15 is 4.39 Å². The van der Waals surface area contributed by atoms with Crippen molar-refractivity contribution in [2.24, 2.45) is 11.8 Å². The van der Waals surface area contributed by atoms with Gasteiger partial charge in [-0.2, -0.15) is 10.4 Å². The summed E-state index contributed by atoms with van der Waals surface area (Å²) in [5.74, 6) is -1.62. The number of anilines is 2. The number of rotatable bonds is 6. The van der Waals surface area contributed by atoms with Gasteiger partial charge in [0.05, 0.1) is 17.5 Å². The van der Waals surface area contributed by atoms with Crippen LogP contribution in [0.3, 0.4) is 0 Å². The molecule has 3 atom stereocenters. The van der Waals surface area contributed by atoms with Crippen LogP contribution >= 0.6 is 0 Å². The van der Waals surface area contributed by atoms with Crippen LogP contribution in [0.4, 0.5) is 20.4 Å². The number of piperidine rings is 1. The first-order chi connectivity index (χ1) is 20.8. The number of nitrogen functional groups attached to an aromatic ring is 1. The number of carbonyl (C=O) groups is 2. The molecule has 1 saturated heterocycles. The molecule has 3 N–H and O–H groups in total. The Morgan fingerprint density at radius 3 is 2.63 bits per heavy atom. The Hall–Kier alpha value is -5.25. The third-order valence-corrected chi connectivity index (χ3v) is 8.37. The van der Waals surface area contributed by atoms with E-state index < -0.39 is 17.5 Å². The maximum Gasteiger partial charge on any atom is 0.264 e. The number of amides is 2. The normalized spacial score (nSPS) is 21.3. The van der Waals surface area contributed by atoms with Gasteiger partial charge in [-0.3, -0.25) is 9.59 Å². The molecule has 13 heteroatoms. The van der Waals surface area contributed by atoms with Crippen molar-refractivity contribution in [3.05, 3.63) is 71.7 Å². The number of fused-ring (bicyclic) bond motifs is 3. The first kappa shape index (κ1) is 26.6. The summed E-state index contributed by atoms with van der Waals surface area (Å²) in [6, 6.07) is 7.70. The summed E-state index contributed by atoms with van der Waals surface area (Å²) in [5.41, 5.74) is 7.12. The number of carbonyl (C=O) groups excluding carboxylic acids is 2. The van der Waals surface area contributed by atoms with Crippen LogP contribution < -0.4 is 11.1 Å². The number of allylic oxidation sites excluding steroid dienone is 1. The van der Waals surface area contributed by atoms with Crippen molar-refractivity contribution in [3.8, 4) is 17.3 Å². The van der Waals surface area contributed by atoms with E-state index in [1.807, 2.05) is 0 Å². The van der Waals surface area contributed by atoms with Gasteiger partial charge in [0.25, 0.3) is 11.8 Å². The van der Waals surface area contributed by atoms with Crippen LogP contribution in [0.2, 0.25) is 0 Å². The summed E-state index contributed by atoms with van der Waals surface area (Å²) in [5, 5.41) is 17.2. The zero-order valence-electron chi connectivity index (χ0n) is 22.7. The number of pyridine rings is 1. The second-order valence-corrected chi connectivity index (χ2v) is 11.2. The fraction of sp³-hybridized carbons (Fsp3) is 0.300. The van der Waals surface area contributed by atoms with E-state index in [-0.39, 0.29) is 63.9 Å². The summed E-state index contributed by atoms with van der Waals surface area (Å²) in [6.07, 6.45) is 7.77. The smallest absolute Gasteiger partial charge is 0.264 e. The van der Waals surface area contributed by atoms with Crippen molar-refractivity contribution in [3.63, 3.8) is 0 Å². The van der Waals surface area contributed by atoms with Crippen molar-refractivity contribution in [1.82, 2.24) is 29.6 Å². The lowest BCUT2D eigenvalue weighted by Gasteiger charge is -2.33. The highest BCUT2D eigenvalue weighted by Gasteiger charge is 2.49. The van der Waals surface area contributed by atoms with Gasteiger partial charge < -0.3 is 16.0 Å². The average Bonchev–Trinajstić information content (AvgIpc) is 3.39. The molecule has 43 heavy (non-hydrogen) atoms. The van der Waals surface area contributed by atoms with Gasteiger partial charge in [-0.15, -0.1) is 0 Å². The van der Waals surface area contributed by atoms with Gasteiger partial charge in [0.2, 0.25) is 0 Å². The number of nitriles is 1. The van der Waals surface area contributed by atoms with Crippen LogP contribution in [0.25, 0.3) is 22.3 Å². The van der Waals surface area contributed by atoms with Crippen molar-refractivity contribution in [2.75, 3.05) is 17.6 Å². The third-order valence-electron chi connectivity index (χ3n) is 8.37. The summed E-state index contributed by atoms with van der Waals surface area (Å²) in [6.45, 7) is 0.566. The Morgan fingerprint density at radius 1 is 1.09 bits per heavy atom. The molecule has 7 rings (SSSR count). The Bertz CT molecular complexity index is 1880. The quantitative estimate of drug-likeness (QED) is 0.255. The summed E-state index contributed by atoms with van der Waals surface area (Å²) in [4.78, 5) is 40.3. The molecule has 11 nitrogen and oxygen atoms in total. The van der Waals surface area contributed by atoms with Crippen molar-refractivity contribution in [2.45, 2.75) is 37.8 Å². The lowest BCUT2D eigenvalue weighted by Crippen LogP contribution is -2.43. The molecule has 0 radical (unpaired) electrons. The van der Waals surface area contributed by atoms with Crippen LogP contribution in [0, 0.1) is 34.8 Å². The lowest BCUT2D eigenvalue weighted by molar-refractivity contribution is -0.129. The highest BCUT2D eigenvalue weighted by Crippen LogP contribution is 2.47. The number of likely N-dealkylation sites (tertiary alicyclic amines) is 1. The largest absolute Gasteiger partial charge is 0.383 e. The zero-order valence-corrected chi connectivity index (χ0v) is 22.7. The molecular formula is C30H25F2N9O2. The van der Waals surface area contributed by atoms with Gasteiger partial charge in [-0.1, -0.05) is 6.08 Å². The van der Waals surface area contributed by atoms with Gasteiger partial charge in [0, 0.05) is 29.9 Å². The monoisotopic (exact) mass is 581 g/mol. The molecule has 2 aliphatic carbocycles. The predicted molar refractivity (Wildman–Crippen MR) is 151 cm³/mol. The van der Waals surface area contributed by atoms with E-state index in [1.165, 1.54) is 24.7 Å². The highest BCUT2D eigenvalue weighted by molar-refractivity contribution is 6.04. The minimum absolute atomic E-state index is 0.00456. The van der Waals surface area contributed by atoms with Gasteiger partial charge in [0.1, 0.15) is 46.9 Å². The van der Waals surface area contributed by atoms with E-state index in [4.69, 9.17) is 10.8 Å².